The molecule has 1 fully saturated rings. The van der Waals surface area contributed by atoms with Gasteiger partial charge in [0.1, 0.15) is 0 Å². The first-order valence-corrected chi connectivity index (χ1v) is 5.61. The summed E-state index contributed by atoms with van der Waals surface area (Å²) in [6.07, 6.45) is -0.414. The highest BCUT2D eigenvalue weighted by Gasteiger charge is 2.28. The Kier molecular flexibility index (Phi) is 2.88. The first kappa shape index (κ1) is 10.5. The van der Waals surface area contributed by atoms with E-state index in [9.17, 15) is 0 Å². The molecular formula is C14H13NO2. The second kappa shape index (κ2) is 4.67. The molecule has 0 amide bonds. The molecule has 0 saturated carbocycles. The fourth-order valence-corrected chi connectivity index (χ4v) is 1.86. The largest absolute Gasteiger partial charge is 0.254 e. The lowest BCUT2D eigenvalue weighted by Crippen LogP contribution is -2.18. The SMILES string of the molecule is c1ccc([C@@H]2N[C@H](c3ccccc3)OO2)cc1. The van der Waals surface area contributed by atoms with Crippen LogP contribution >= 0.6 is 0 Å². The monoisotopic (exact) mass is 227 g/mol. The van der Waals surface area contributed by atoms with Crippen LogP contribution < -0.4 is 5.32 Å². The molecule has 0 radical (unpaired) electrons. The maximum atomic E-state index is 5.29. The molecule has 1 N–H and O–H groups in total. The zero-order valence-electron chi connectivity index (χ0n) is 9.24. The van der Waals surface area contributed by atoms with E-state index in [2.05, 4.69) is 5.32 Å². The second-order valence-corrected chi connectivity index (χ2v) is 3.94. The molecule has 1 heterocycles. The Bertz CT molecular complexity index is 427. The molecule has 3 nitrogen and oxygen atoms in total. The molecule has 1 saturated heterocycles. The van der Waals surface area contributed by atoms with Crippen molar-refractivity contribution in [3.63, 3.8) is 0 Å². The highest BCUT2D eigenvalue weighted by atomic mass is 17.2. The van der Waals surface area contributed by atoms with E-state index in [4.69, 9.17) is 9.78 Å². The first-order valence-electron chi connectivity index (χ1n) is 5.61. The quantitative estimate of drug-likeness (QED) is 0.800. The van der Waals surface area contributed by atoms with Crippen LogP contribution in [-0.2, 0) is 9.78 Å². The smallest absolute Gasteiger partial charge is 0.171 e. The molecule has 2 aromatic rings. The van der Waals surface area contributed by atoms with Gasteiger partial charge >= 0.3 is 0 Å². The summed E-state index contributed by atoms with van der Waals surface area (Å²) < 4.78 is 0. The summed E-state index contributed by atoms with van der Waals surface area (Å²) in [5.41, 5.74) is 2.12. The lowest BCUT2D eigenvalue weighted by atomic mass is 10.1. The molecule has 0 aromatic heterocycles. The van der Waals surface area contributed by atoms with Gasteiger partial charge < -0.3 is 0 Å². The third-order valence-electron chi connectivity index (χ3n) is 2.76. The van der Waals surface area contributed by atoms with Crippen LogP contribution in [0.15, 0.2) is 60.7 Å². The molecule has 2 aromatic carbocycles. The predicted octanol–water partition coefficient (Wildman–Crippen LogP) is 2.94. The lowest BCUT2D eigenvalue weighted by molar-refractivity contribution is -0.300. The van der Waals surface area contributed by atoms with Crippen molar-refractivity contribution in [2.24, 2.45) is 0 Å². The van der Waals surface area contributed by atoms with Crippen molar-refractivity contribution in [1.82, 2.24) is 5.32 Å². The summed E-state index contributed by atoms with van der Waals surface area (Å²) in [5.74, 6) is 0. The van der Waals surface area contributed by atoms with Gasteiger partial charge in [-0.15, -0.1) is 0 Å². The van der Waals surface area contributed by atoms with E-state index in [1.165, 1.54) is 0 Å². The predicted molar refractivity (Wildman–Crippen MR) is 63.7 cm³/mol. The summed E-state index contributed by atoms with van der Waals surface area (Å²) >= 11 is 0. The Hall–Kier alpha value is -1.68. The van der Waals surface area contributed by atoms with E-state index >= 15 is 0 Å². The van der Waals surface area contributed by atoms with Gasteiger partial charge in [0, 0.05) is 0 Å². The molecule has 0 spiro atoms. The van der Waals surface area contributed by atoms with Crippen molar-refractivity contribution in [2.75, 3.05) is 0 Å². The zero-order valence-corrected chi connectivity index (χ0v) is 9.24. The Labute approximate surface area is 99.9 Å². The van der Waals surface area contributed by atoms with Gasteiger partial charge in [-0.3, -0.25) is 5.32 Å². The minimum atomic E-state index is -0.207. The van der Waals surface area contributed by atoms with Crippen molar-refractivity contribution < 1.29 is 9.78 Å². The van der Waals surface area contributed by atoms with Crippen molar-refractivity contribution in [1.29, 1.82) is 0 Å². The van der Waals surface area contributed by atoms with Gasteiger partial charge in [0.15, 0.2) is 12.5 Å². The molecule has 1 aliphatic heterocycles. The van der Waals surface area contributed by atoms with Gasteiger partial charge in [-0.05, 0) is 11.1 Å². The van der Waals surface area contributed by atoms with E-state index in [1.54, 1.807) is 0 Å². The molecule has 0 bridgehead atoms. The van der Waals surface area contributed by atoms with E-state index in [0.717, 1.165) is 11.1 Å². The van der Waals surface area contributed by atoms with Gasteiger partial charge in [-0.1, -0.05) is 60.7 Å². The molecule has 86 valence electrons. The highest BCUT2D eigenvalue weighted by molar-refractivity contribution is 5.20. The minimum Gasteiger partial charge on any atom is -0.254 e. The summed E-state index contributed by atoms with van der Waals surface area (Å²) in [7, 11) is 0. The number of hydrogen-bond acceptors (Lipinski definition) is 3. The topological polar surface area (TPSA) is 30.5 Å². The Morgan fingerprint density at radius 1 is 0.647 bits per heavy atom. The van der Waals surface area contributed by atoms with Gasteiger partial charge in [0.05, 0.1) is 0 Å². The van der Waals surface area contributed by atoms with Crippen LogP contribution in [-0.4, -0.2) is 0 Å². The maximum Gasteiger partial charge on any atom is 0.171 e. The third kappa shape index (κ3) is 2.22. The van der Waals surface area contributed by atoms with Crippen LogP contribution in [0.5, 0.6) is 0 Å². The van der Waals surface area contributed by atoms with Gasteiger partial charge in [0.25, 0.3) is 0 Å². The Balaban J connectivity index is 1.75. The van der Waals surface area contributed by atoms with E-state index < -0.39 is 0 Å². The fourth-order valence-electron chi connectivity index (χ4n) is 1.86. The van der Waals surface area contributed by atoms with Crippen LogP contribution in [0.3, 0.4) is 0 Å². The standard InChI is InChI=1S/C14H13NO2/c1-3-7-11(8-4-1)13-15-14(17-16-13)12-9-5-2-6-10-12/h1-10,13-15H/t13-,14+. The maximum absolute atomic E-state index is 5.29. The van der Waals surface area contributed by atoms with Crippen molar-refractivity contribution >= 4 is 0 Å². The molecule has 0 aliphatic carbocycles. The summed E-state index contributed by atoms with van der Waals surface area (Å²) in [6, 6.07) is 19.9. The number of hydrogen-bond donors (Lipinski definition) is 1. The van der Waals surface area contributed by atoms with Crippen LogP contribution in [0.4, 0.5) is 0 Å². The van der Waals surface area contributed by atoms with Gasteiger partial charge in [0.2, 0.25) is 0 Å². The summed E-state index contributed by atoms with van der Waals surface area (Å²) in [4.78, 5) is 10.6. The average Bonchev–Trinajstić information content (AvgIpc) is 2.90. The van der Waals surface area contributed by atoms with E-state index in [0.29, 0.717) is 0 Å². The third-order valence-corrected chi connectivity index (χ3v) is 2.76. The zero-order chi connectivity index (χ0) is 11.5. The average molecular weight is 227 g/mol. The molecular weight excluding hydrogens is 214 g/mol. The van der Waals surface area contributed by atoms with Gasteiger partial charge in [-0.25, -0.2) is 9.78 Å². The lowest BCUT2D eigenvalue weighted by Gasteiger charge is -2.09. The van der Waals surface area contributed by atoms with Crippen LogP contribution in [0.2, 0.25) is 0 Å². The first-order chi connectivity index (χ1) is 8.43. The highest BCUT2D eigenvalue weighted by Crippen LogP contribution is 2.29. The Morgan fingerprint density at radius 3 is 1.47 bits per heavy atom. The van der Waals surface area contributed by atoms with E-state index in [1.807, 2.05) is 60.7 Å². The molecule has 3 rings (SSSR count). The normalized spacial score (nSPS) is 23.8. The number of rotatable bonds is 2. The number of nitrogens with one attached hydrogen (secondary N) is 1. The van der Waals surface area contributed by atoms with Gasteiger partial charge in [-0.2, -0.15) is 0 Å². The van der Waals surface area contributed by atoms with Crippen molar-refractivity contribution in [3.05, 3.63) is 71.8 Å². The van der Waals surface area contributed by atoms with Crippen LogP contribution in [0.1, 0.15) is 23.6 Å². The number of benzene rings is 2. The summed E-state index contributed by atoms with van der Waals surface area (Å²) in [5, 5.41) is 3.28. The van der Waals surface area contributed by atoms with Crippen molar-refractivity contribution in [3.8, 4) is 0 Å². The minimum absolute atomic E-state index is 0.207. The molecule has 2 atom stereocenters. The second-order valence-electron chi connectivity index (χ2n) is 3.94. The van der Waals surface area contributed by atoms with Crippen molar-refractivity contribution in [2.45, 2.75) is 12.5 Å². The molecule has 1 aliphatic rings. The molecule has 17 heavy (non-hydrogen) atoms. The van der Waals surface area contributed by atoms with E-state index in [-0.39, 0.29) is 12.5 Å². The molecule has 3 heteroatoms. The Morgan fingerprint density at radius 2 is 1.06 bits per heavy atom. The fraction of sp³-hybridized carbons (Fsp3) is 0.143. The molecule has 0 unspecified atom stereocenters. The van der Waals surface area contributed by atoms with Crippen LogP contribution in [0, 0.1) is 0 Å². The van der Waals surface area contributed by atoms with Crippen LogP contribution in [0.25, 0.3) is 0 Å². The summed E-state index contributed by atoms with van der Waals surface area (Å²) in [6.45, 7) is 0.